The van der Waals surface area contributed by atoms with Gasteiger partial charge >= 0.3 is 5.63 Å². The van der Waals surface area contributed by atoms with Gasteiger partial charge in [0, 0.05) is 15.8 Å². The predicted molar refractivity (Wildman–Crippen MR) is 82.9 cm³/mol. The fourth-order valence-electron chi connectivity index (χ4n) is 1.92. The quantitative estimate of drug-likeness (QED) is 0.654. The molecule has 3 rings (SSSR count). The molecule has 1 aromatic carbocycles. The molecule has 104 valence electrons. The van der Waals surface area contributed by atoms with Gasteiger partial charge in [0.2, 0.25) is 0 Å². The van der Waals surface area contributed by atoms with Crippen LogP contribution in [-0.4, -0.2) is 4.98 Å². The molecule has 0 unspecified atom stereocenters. The zero-order valence-electron chi connectivity index (χ0n) is 10.4. The van der Waals surface area contributed by atoms with Gasteiger partial charge in [-0.05, 0) is 18.2 Å². The molecule has 4 nitrogen and oxygen atoms in total. The predicted octanol–water partition coefficient (Wildman–Crippen LogP) is 4.29. The molecule has 0 spiro atoms. The second-order valence-electron chi connectivity index (χ2n) is 4.21. The highest BCUT2D eigenvalue weighted by Gasteiger charge is 2.13. The lowest BCUT2D eigenvalue weighted by Gasteiger charge is -2.02. The molecule has 0 bridgehead atoms. The summed E-state index contributed by atoms with van der Waals surface area (Å²) >= 11 is 13.3. The molecule has 21 heavy (non-hydrogen) atoms. The zero-order valence-corrected chi connectivity index (χ0v) is 12.7. The maximum absolute atomic E-state index is 12.1. The number of hydrogen-bond donors (Lipinski definition) is 0. The monoisotopic (exact) mass is 336 g/mol. The summed E-state index contributed by atoms with van der Waals surface area (Å²) in [4.78, 5) is 16.3. The molecule has 2 aromatic heterocycles. The Morgan fingerprint density at radius 3 is 2.90 bits per heavy atom. The largest absolute Gasteiger partial charge is 0.421 e. The van der Waals surface area contributed by atoms with E-state index in [-0.39, 0.29) is 11.4 Å². The van der Waals surface area contributed by atoms with Gasteiger partial charge in [-0.25, -0.2) is 9.78 Å². The molecule has 2 heterocycles. The van der Waals surface area contributed by atoms with Crippen molar-refractivity contribution in [2.24, 2.45) is 0 Å². The second-order valence-corrected chi connectivity index (χ2v) is 6.00. The average molecular weight is 337 g/mol. The van der Waals surface area contributed by atoms with Gasteiger partial charge in [-0.15, -0.1) is 11.3 Å². The summed E-state index contributed by atoms with van der Waals surface area (Å²) in [5.74, 6) is 0. The van der Waals surface area contributed by atoms with E-state index in [1.54, 1.807) is 17.5 Å². The topological polar surface area (TPSA) is 66.9 Å². The van der Waals surface area contributed by atoms with E-state index >= 15 is 0 Å². The Balaban J connectivity index is 2.21. The molecular weight excluding hydrogens is 331 g/mol. The Morgan fingerprint density at radius 2 is 2.14 bits per heavy atom. The van der Waals surface area contributed by atoms with Gasteiger partial charge in [0.1, 0.15) is 5.01 Å². The fourth-order valence-corrected chi connectivity index (χ4v) is 3.19. The summed E-state index contributed by atoms with van der Waals surface area (Å²) in [5, 5.41) is 12.4. The Hall–Kier alpha value is -1.87. The van der Waals surface area contributed by atoms with Crippen LogP contribution in [0, 0.1) is 11.3 Å². The SMILES string of the molecule is N#CCc1nc(-c2cc3cc(Cl)cc(Cl)c3oc2=O)cs1. The third kappa shape index (κ3) is 2.66. The number of aromatic nitrogens is 1. The lowest BCUT2D eigenvalue weighted by atomic mass is 10.1. The van der Waals surface area contributed by atoms with Crippen molar-refractivity contribution in [2.75, 3.05) is 0 Å². The van der Waals surface area contributed by atoms with E-state index in [2.05, 4.69) is 4.98 Å². The first-order valence-corrected chi connectivity index (χ1v) is 7.46. The average Bonchev–Trinajstić information content (AvgIpc) is 2.88. The van der Waals surface area contributed by atoms with Crippen molar-refractivity contribution in [3.05, 3.63) is 49.1 Å². The molecule has 0 radical (unpaired) electrons. The lowest BCUT2D eigenvalue weighted by molar-refractivity contribution is 0.563. The molecule has 7 heteroatoms. The van der Waals surface area contributed by atoms with Crippen molar-refractivity contribution in [1.82, 2.24) is 4.98 Å². The molecule has 0 aliphatic carbocycles. The summed E-state index contributed by atoms with van der Waals surface area (Å²) in [6.07, 6.45) is 0.210. The maximum Gasteiger partial charge on any atom is 0.345 e. The maximum atomic E-state index is 12.1. The molecule has 0 saturated carbocycles. The van der Waals surface area contributed by atoms with E-state index in [1.165, 1.54) is 17.4 Å². The van der Waals surface area contributed by atoms with E-state index in [9.17, 15) is 4.79 Å². The van der Waals surface area contributed by atoms with E-state index in [0.29, 0.717) is 32.3 Å². The number of rotatable bonds is 2. The molecule has 0 fully saturated rings. The Bertz CT molecular complexity index is 940. The molecule has 0 amide bonds. The van der Waals surface area contributed by atoms with E-state index in [1.807, 2.05) is 6.07 Å². The first-order valence-electron chi connectivity index (χ1n) is 5.83. The fraction of sp³-hybridized carbons (Fsp3) is 0.0714. The van der Waals surface area contributed by atoms with Gasteiger partial charge in [0.05, 0.1) is 28.8 Å². The van der Waals surface area contributed by atoms with Crippen LogP contribution < -0.4 is 5.63 Å². The zero-order chi connectivity index (χ0) is 15.0. The third-order valence-electron chi connectivity index (χ3n) is 2.81. The minimum absolute atomic E-state index is 0.210. The molecular formula is C14H6Cl2N2O2S. The van der Waals surface area contributed by atoms with Gasteiger partial charge in [-0.2, -0.15) is 5.26 Å². The highest BCUT2D eigenvalue weighted by molar-refractivity contribution is 7.10. The molecule has 0 N–H and O–H groups in total. The van der Waals surface area contributed by atoms with Crippen molar-refractivity contribution in [1.29, 1.82) is 5.26 Å². The summed E-state index contributed by atoms with van der Waals surface area (Å²) in [6, 6.07) is 6.84. The summed E-state index contributed by atoms with van der Waals surface area (Å²) < 4.78 is 5.26. The van der Waals surface area contributed by atoms with Crippen LogP contribution in [0.4, 0.5) is 0 Å². The molecule has 0 saturated heterocycles. The standard InChI is InChI=1S/C14H6Cl2N2O2S/c15-8-3-7-4-9(11-6-21-12(18-11)1-2-17)14(19)20-13(7)10(16)5-8/h3-6H,1H2. The number of benzene rings is 1. The van der Waals surface area contributed by atoms with Gasteiger partial charge in [0.15, 0.2) is 5.58 Å². The number of hydrogen-bond acceptors (Lipinski definition) is 5. The third-order valence-corrected chi connectivity index (χ3v) is 4.16. The van der Waals surface area contributed by atoms with E-state index < -0.39 is 5.63 Å². The first-order chi connectivity index (χ1) is 10.1. The van der Waals surface area contributed by atoms with Crippen molar-refractivity contribution in [3.8, 4) is 17.3 Å². The molecule has 3 aromatic rings. The van der Waals surface area contributed by atoms with Crippen LogP contribution in [0.2, 0.25) is 10.0 Å². The van der Waals surface area contributed by atoms with Crippen LogP contribution in [-0.2, 0) is 6.42 Å². The highest BCUT2D eigenvalue weighted by Crippen LogP contribution is 2.29. The number of halogens is 2. The van der Waals surface area contributed by atoms with Gasteiger partial charge in [-0.1, -0.05) is 23.2 Å². The van der Waals surface area contributed by atoms with Crippen LogP contribution in [0.5, 0.6) is 0 Å². The van der Waals surface area contributed by atoms with Crippen molar-refractivity contribution < 1.29 is 4.42 Å². The number of thiazole rings is 1. The molecule has 0 atom stereocenters. The molecule has 0 aliphatic heterocycles. The Kier molecular flexibility index (Phi) is 3.68. The van der Waals surface area contributed by atoms with Crippen LogP contribution >= 0.6 is 34.5 Å². The van der Waals surface area contributed by atoms with Crippen molar-refractivity contribution in [2.45, 2.75) is 6.42 Å². The summed E-state index contributed by atoms with van der Waals surface area (Å²) in [5.41, 5.74) is 0.570. The van der Waals surface area contributed by atoms with E-state index in [0.717, 1.165) is 0 Å². The highest BCUT2D eigenvalue weighted by atomic mass is 35.5. The number of nitrogens with zero attached hydrogens (tertiary/aromatic N) is 2. The van der Waals surface area contributed by atoms with Gasteiger partial charge < -0.3 is 4.42 Å². The van der Waals surface area contributed by atoms with Crippen LogP contribution in [0.3, 0.4) is 0 Å². The normalized spacial score (nSPS) is 10.7. The summed E-state index contributed by atoms with van der Waals surface area (Å²) in [6.45, 7) is 0. The number of nitriles is 1. The van der Waals surface area contributed by atoms with Gasteiger partial charge in [0.25, 0.3) is 0 Å². The van der Waals surface area contributed by atoms with Crippen molar-refractivity contribution in [3.63, 3.8) is 0 Å². The van der Waals surface area contributed by atoms with Gasteiger partial charge in [-0.3, -0.25) is 0 Å². The number of fused-ring (bicyclic) bond motifs is 1. The lowest BCUT2D eigenvalue weighted by Crippen LogP contribution is -2.03. The van der Waals surface area contributed by atoms with Crippen LogP contribution in [0.15, 0.2) is 32.8 Å². The van der Waals surface area contributed by atoms with Crippen molar-refractivity contribution >= 4 is 45.5 Å². The van der Waals surface area contributed by atoms with Crippen LogP contribution in [0.1, 0.15) is 5.01 Å². The summed E-state index contributed by atoms with van der Waals surface area (Å²) in [7, 11) is 0. The Labute approximate surface area is 133 Å². The van der Waals surface area contributed by atoms with E-state index in [4.69, 9.17) is 32.9 Å². The second kappa shape index (κ2) is 5.49. The molecule has 0 aliphatic rings. The first kappa shape index (κ1) is 14.1. The Morgan fingerprint density at radius 1 is 1.33 bits per heavy atom. The van der Waals surface area contributed by atoms with Crippen LogP contribution in [0.25, 0.3) is 22.2 Å². The smallest absolute Gasteiger partial charge is 0.345 e. The minimum atomic E-state index is -0.527. The minimum Gasteiger partial charge on any atom is -0.421 e.